The number of carbonyl (C=O) groups is 1. The predicted octanol–water partition coefficient (Wildman–Crippen LogP) is -0.0923. The van der Waals surface area contributed by atoms with Crippen LogP contribution in [0.3, 0.4) is 0 Å². The molecule has 5 nitrogen and oxygen atoms in total. The predicted molar refractivity (Wildman–Crippen MR) is 63.8 cm³/mol. The quantitative estimate of drug-likeness (QED) is 0.707. The van der Waals surface area contributed by atoms with Gasteiger partial charge in [-0.05, 0) is 31.7 Å². The minimum Gasteiger partial charge on any atom is -0.381 e. The molecule has 2 aliphatic heterocycles. The van der Waals surface area contributed by atoms with Crippen LogP contribution in [0.4, 0.5) is 0 Å². The van der Waals surface area contributed by atoms with E-state index in [-0.39, 0.29) is 18.6 Å². The first-order valence-corrected chi connectivity index (χ1v) is 6.50. The largest absolute Gasteiger partial charge is 0.381 e. The second-order valence-corrected chi connectivity index (χ2v) is 4.83. The normalized spacial score (nSPS) is 26.0. The second-order valence-electron chi connectivity index (χ2n) is 4.83. The van der Waals surface area contributed by atoms with Gasteiger partial charge in [-0.25, -0.2) is 0 Å². The number of carbonyl (C=O) groups excluding carboxylic acids is 1. The lowest BCUT2D eigenvalue weighted by molar-refractivity contribution is -0.127. The summed E-state index contributed by atoms with van der Waals surface area (Å²) >= 11 is 0. The van der Waals surface area contributed by atoms with Crippen LogP contribution in [0.2, 0.25) is 0 Å². The Morgan fingerprint density at radius 2 is 2.18 bits per heavy atom. The molecule has 0 spiro atoms. The molecule has 0 aromatic carbocycles. The summed E-state index contributed by atoms with van der Waals surface area (Å²) in [5.74, 6) is 0.578. The lowest BCUT2D eigenvalue weighted by Crippen LogP contribution is -2.40. The van der Waals surface area contributed by atoms with E-state index in [9.17, 15) is 4.79 Å². The molecule has 98 valence electrons. The van der Waals surface area contributed by atoms with E-state index in [1.54, 1.807) is 0 Å². The van der Waals surface area contributed by atoms with Crippen LogP contribution >= 0.6 is 0 Å². The maximum atomic E-state index is 11.6. The van der Waals surface area contributed by atoms with Crippen LogP contribution in [0, 0.1) is 5.92 Å². The molecule has 0 radical (unpaired) electrons. The summed E-state index contributed by atoms with van der Waals surface area (Å²) in [5, 5.41) is 6.27. The van der Waals surface area contributed by atoms with Crippen LogP contribution in [-0.4, -0.2) is 51.5 Å². The van der Waals surface area contributed by atoms with E-state index in [1.165, 1.54) is 0 Å². The number of rotatable bonds is 5. The molecular weight excluding hydrogens is 220 g/mol. The molecule has 0 aromatic rings. The Morgan fingerprint density at radius 1 is 1.35 bits per heavy atom. The summed E-state index contributed by atoms with van der Waals surface area (Å²) in [4.78, 5) is 11.6. The van der Waals surface area contributed by atoms with Crippen molar-refractivity contribution in [2.45, 2.75) is 25.3 Å². The van der Waals surface area contributed by atoms with Gasteiger partial charge in [-0.3, -0.25) is 4.79 Å². The van der Waals surface area contributed by atoms with Crippen molar-refractivity contribution in [3.63, 3.8) is 0 Å². The molecule has 2 rings (SSSR count). The van der Waals surface area contributed by atoms with E-state index < -0.39 is 0 Å². The summed E-state index contributed by atoms with van der Waals surface area (Å²) in [6.07, 6.45) is 2.98. The molecule has 1 unspecified atom stereocenters. The molecule has 17 heavy (non-hydrogen) atoms. The fraction of sp³-hybridized carbons (Fsp3) is 0.917. The number of amides is 1. The Hall–Kier alpha value is -0.650. The van der Waals surface area contributed by atoms with Gasteiger partial charge in [0, 0.05) is 25.8 Å². The molecule has 2 N–H and O–H groups in total. The first kappa shape index (κ1) is 12.8. The third-order valence-electron chi connectivity index (χ3n) is 3.34. The Morgan fingerprint density at radius 3 is 2.88 bits per heavy atom. The van der Waals surface area contributed by atoms with Gasteiger partial charge in [0.25, 0.3) is 0 Å². The number of hydrogen-bond acceptors (Lipinski definition) is 4. The molecule has 0 aliphatic carbocycles. The van der Waals surface area contributed by atoms with Crippen molar-refractivity contribution >= 4 is 5.91 Å². The highest BCUT2D eigenvalue weighted by Gasteiger charge is 2.17. The van der Waals surface area contributed by atoms with E-state index in [0.717, 1.165) is 45.6 Å². The van der Waals surface area contributed by atoms with Gasteiger partial charge in [0.05, 0.1) is 6.61 Å². The lowest BCUT2D eigenvalue weighted by atomic mass is 10.1. The van der Waals surface area contributed by atoms with Crippen LogP contribution in [0.25, 0.3) is 0 Å². The molecule has 0 aromatic heterocycles. The van der Waals surface area contributed by atoms with Gasteiger partial charge in [-0.2, -0.15) is 0 Å². The zero-order valence-corrected chi connectivity index (χ0v) is 10.2. The Bertz CT molecular complexity index is 236. The van der Waals surface area contributed by atoms with Crippen LogP contribution < -0.4 is 10.6 Å². The molecule has 2 saturated heterocycles. The van der Waals surface area contributed by atoms with Crippen molar-refractivity contribution in [3.05, 3.63) is 0 Å². The first-order chi connectivity index (χ1) is 8.34. The van der Waals surface area contributed by atoms with Crippen LogP contribution in [0.15, 0.2) is 0 Å². The molecule has 2 heterocycles. The minimum atomic E-state index is 0.00264. The van der Waals surface area contributed by atoms with Crippen molar-refractivity contribution in [3.8, 4) is 0 Å². The van der Waals surface area contributed by atoms with Crippen LogP contribution in [-0.2, 0) is 14.3 Å². The maximum absolute atomic E-state index is 11.6. The molecule has 2 fully saturated rings. The average Bonchev–Trinajstić information content (AvgIpc) is 2.83. The topological polar surface area (TPSA) is 59.6 Å². The van der Waals surface area contributed by atoms with Crippen LogP contribution in [0.5, 0.6) is 0 Å². The van der Waals surface area contributed by atoms with Gasteiger partial charge in [0.1, 0.15) is 6.61 Å². The highest BCUT2D eigenvalue weighted by molar-refractivity contribution is 5.77. The number of nitrogens with one attached hydrogen (secondary N) is 2. The van der Waals surface area contributed by atoms with Gasteiger partial charge in [0.2, 0.25) is 5.91 Å². The minimum absolute atomic E-state index is 0.00264. The average molecular weight is 242 g/mol. The Balaban J connectivity index is 1.53. The SMILES string of the molecule is O=C(COCC1CCNC1)NC1CCOCC1. The molecule has 5 heteroatoms. The van der Waals surface area contributed by atoms with Gasteiger partial charge in [-0.1, -0.05) is 0 Å². The summed E-state index contributed by atoms with van der Waals surface area (Å²) in [5.41, 5.74) is 0. The van der Waals surface area contributed by atoms with E-state index in [4.69, 9.17) is 9.47 Å². The third-order valence-corrected chi connectivity index (χ3v) is 3.34. The van der Waals surface area contributed by atoms with Crippen molar-refractivity contribution in [1.29, 1.82) is 0 Å². The van der Waals surface area contributed by atoms with Gasteiger partial charge in [0.15, 0.2) is 0 Å². The summed E-state index contributed by atoms with van der Waals surface area (Å²) < 4.78 is 10.7. The fourth-order valence-corrected chi connectivity index (χ4v) is 2.29. The van der Waals surface area contributed by atoms with Crippen molar-refractivity contribution < 1.29 is 14.3 Å². The zero-order valence-electron chi connectivity index (χ0n) is 10.2. The standard InChI is InChI=1S/C12H22N2O3/c15-12(14-11-2-5-16-6-3-11)9-17-8-10-1-4-13-7-10/h10-11,13H,1-9H2,(H,14,15). The molecule has 1 atom stereocenters. The molecular formula is C12H22N2O3. The highest BCUT2D eigenvalue weighted by Crippen LogP contribution is 2.08. The van der Waals surface area contributed by atoms with Crippen molar-refractivity contribution in [1.82, 2.24) is 10.6 Å². The fourth-order valence-electron chi connectivity index (χ4n) is 2.29. The lowest BCUT2D eigenvalue weighted by Gasteiger charge is -2.23. The highest BCUT2D eigenvalue weighted by atomic mass is 16.5. The monoisotopic (exact) mass is 242 g/mol. The number of ether oxygens (including phenoxy) is 2. The smallest absolute Gasteiger partial charge is 0.246 e. The van der Waals surface area contributed by atoms with E-state index in [1.807, 2.05) is 0 Å². The summed E-state index contributed by atoms with van der Waals surface area (Å²) in [7, 11) is 0. The Kier molecular flexibility index (Phi) is 5.22. The van der Waals surface area contributed by atoms with Crippen LogP contribution in [0.1, 0.15) is 19.3 Å². The summed E-state index contributed by atoms with van der Waals surface area (Å²) in [6, 6.07) is 0.271. The van der Waals surface area contributed by atoms with Crippen molar-refractivity contribution in [2.24, 2.45) is 5.92 Å². The van der Waals surface area contributed by atoms with Gasteiger partial charge >= 0.3 is 0 Å². The van der Waals surface area contributed by atoms with Gasteiger partial charge in [-0.15, -0.1) is 0 Å². The van der Waals surface area contributed by atoms with E-state index in [0.29, 0.717) is 12.5 Å². The molecule has 0 saturated carbocycles. The second kappa shape index (κ2) is 6.93. The Labute approximate surface area is 102 Å². The molecule has 0 bridgehead atoms. The van der Waals surface area contributed by atoms with E-state index >= 15 is 0 Å². The zero-order chi connectivity index (χ0) is 11.9. The molecule has 2 aliphatic rings. The third kappa shape index (κ3) is 4.61. The van der Waals surface area contributed by atoms with Gasteiger partial charge < -0.3 is 20.1 Å². The first-order valence-electron chi connectivity index (χ1n) is 6.50. The van der Waals surface area contributed by atoms with Crippen molar-refractivity contribution in [2.75, 3.05) is 39.5 Å². The summed E-state index contributed by atoms with van der Waals surface area (Å²) in [6.45, 7) is 4.46. The number of hydrogen-bond donors (Lipinski definition) is 2. The maximum Gasteiger partial charge on any atom is 0.246 e. The van der Waals surface area contributed by atoms with E-state index in [2.05, 4.69) is 10.6 Å². The molecule has 1 amide bonds.